The summed E-state index contributed by atoms with van der Waals surface area (Å²) in [6, 6.07) is 2.44. The van der Waals surface area contributed by atoms with E-state index >= 15 is 0 Å². The largest absolute Gasteiger partial charge is 0.477 e. The van der Waals surface area contributed by atoms with Crippen LogP contribution in [0.15, 0.2) is 6.07 Å². The zero-order valence-electron chi connectivity index (χ0n) is 12.4. The van der Waals surface area contributed by atoms with Crippen molar-refractivity contribution in [2.75, 3.05) is 37.8 Å². The summed E-state index contributed by atoms with van der Waals surface area (Å²) in [5, 5.41) is 3.19. The van der Waals surface area contributed by atoms with Gasteiger partial charge in [-0.2, -0.15) is 9.97 Å². The highest BCUT2D eigenvalue weighted by Crippen LogP contribution is 2.19. The molecule has 6 nitrogen and oxygen atoms in total. The second-order valence-corrected chi connectivity index (χ2v) is 5.29. The number of nitrogens with zero attached hydrogens (tertiary/aromatic N) is 3. The van der Waals surface area contributed by atoms with Gasteiger partial charge in [-0.3, -0.25) is 0 Å². The maximum Gasteiger partial charge on any atom is 0.225 e. The highest BCUT2D eigenvalue weighted by molar-refractivity contribution is 5.42. The number of nitrogens with two attached hydrogens (primary N) is 1. The van der Waals surface area contributed by atoms with E-state index in [1.54, 1.807) is 0 Å². The zero-order valence-corrected chi connectivity index (χ0v) is 12.4. The van der Waals surface area contributed by atoms with Crippen LogP contribution in [-0.2, 0) is 0 Å². The van der Waals surface area contributed by atoms with Gasteiger partial charge in [0, 0.05) is 18.7 Å². The third-order valence-electron chi connectivity index (χ3n) is 3.65. The van der Waals surface area contributed by atoms with Crippen LogP contribution < -0.4 is 15.8 Å². The van der Waals surface area contributed by atoms with Gasteiger partial charge in [0.15, 0.2) is 0 Å². The lowest BCUT2D eigenvalue weighted by Gasteiger charge is -2.19. The summed E-state index contributed by atoms with van der Waals surface area (Å²) in [4.78, 5) is 10.6. The fourth-order valence-electron chi connectivity index (χ4n) is 2.50. The van der Waals surface area contributed by atoms with Gasteiger partial charge in [0.1, 0.15) is 5.82 Å². The molecule has 1 unspecified atom stereocenters. The number of hydrogen-bond acceptors (Lipinski definition) is 6. The minimum atomic E-state index is 0.249. The first-order chi connectivity index (χ1) is 9.69. The summed E-state index contributed by atoms with van der Waals surface area (Å²) in [5.41, 5.74) is 5.70. The Labute approximate surface area is 120 Å². The smallest absolute Gasteiger partial charge is 0.225 e. The van der Waals surface area contributed by atoms with Gasteiger partial charge in [0.25, 0.3) is 0 Å². The molecule has 0 bridgehead atoms. The Kier molecular flexibility index (Phi) is 5.40. The van der Waals surface area contributed by atoms with Crippen molar-refractivity contribution in [1.29, 1.82) is 0 Å². The summed E-state index contributed by atoms with van der Waals surface area (Å²) in [7, 11) is 2.17. The number of nitrogens with one attached hydrogen (secondary N) is 1. The maximum atomic E-state index is 5.72. The molecule has 0 aromatic carbocycles. The second kappa shape index (κ2) is 7.28. The predicted molar refractivity (Wildman–Crippen MR) is 81.0 cm³/mol. The first-order valence-electron chi connectivity index (χ1n) is 7.40. The number of ether oxygens (including phenoxy) is 1. The van der Waals surface area contributed by atoms with Crippen LogP contribution in [0.4, 0.5) is 11.8 Å². The Hall–Kier alpha value is -1.56. The Bertz CT molecular complexity index is 426. The van der Waals surface area contributed by atoms with Crippen molar-refractivity contribution in [2.45, 2.75) is 38.6 Å². The third kappa shape index (κ3) is 4.23. The Morgan fingerprint density at radius 3 is 3.05 bits per heavy atom. The van der Waals surface area contributed by atoms with Crippen molar-refractivity contribution in [1.82, 2.24) is 14.9 Å². The molecule has 1 aliphatic heterocycles. The van der Waals surface area contributed by atoms with Gasteiger partial charge < -0.3 is 20.7 Å². The molecule has 0 saturated carbocycles. The third-order valence-corrected chi connectivity index (χ3v) is 3.65. The van der Waals surface area contributed by atoms with Gasteiger partial charge in [0.05, 0.1) is 6.61 Å². The van der Waals surface area contributed by atoms with Crippen LogP contribution in [0.5, 0.6) is 5.88 Å². The molecule has 1 aliphatic rings. The summed E-state index contributed by atoms with van der Waals surface area (Å²) in [6.45, 7) is 4.82. The maximum absolute atomic E-state index is 5.72. The normalized spacial score (nSPS) is 19.2. The average molecular weight is 279 g/mol. The molecule has 6 heteroatoms. The number of nitrogen functional groups attached to an aromatic ring is 1. The zero-order chi connectivity index (χ0) is 14.4. The molecule has 0 amide bonds. The van der Waals surface area contributed by atoms with Crippen LogP contribution >= 0.6 is 0 Å². The quantitative estimate of drug-likeness (QED) is 0.792. The van der Waals surface area contributed by atoms with Crippen LogP contribution in [0, 0.1) is 0 Å². The van der Waals surface area contributed by atoms with E-state index in [9.17, 15) is 0 Å². The number of rotatable bonds is 7. The molecule has 112 valence electrons. The second-order valence-electron chi connectivity index (χ2n) is 5.29. The van der Waals surface area contributed by atoms with Crippen LogP contribution in [-0.4, -0.2) is 47.7 Å². The molecule has 0 spiro atoms. The monoisotopic (exact) mass is 279 g/mol. The molecule has 0 radical (unpaired) electrons. The standard InChI is InChI=1S/C14H25N5O/c1-3-7-16-12-10-13(18-14(15)17-12)20-9-6-11-5-4-8-19(11)2/h10-11H,3-9H2,1-2H3,(H3,15,16,17,18). The van der Waals surface area contributed by atoms with E-state index in [1.807, 2.05) is 6.07 Å². The summed E-state index contributed by atoms with van der Waals surface area (Å²) >= 11 is 0. The molecular formula is C14H25N5O. The Morgan fingerprint density at radius 2 is 2.35 bits per heavy atom. The van der Waals surface area contributed by atoms with Crippen molar-refractivity contribution >= 4 is 11.8 Å². The molecule has 3 N–H and O–H groups in total. The van der Waals surface area contributed by atoms with Crippen molar-refractivity contribution < 1.29 is 4.74 Å². The number of hydrogen-bond donors (Lipinski definition) is 2. The van der Waals surface area contributed by atoms with Crippen LogP contribution in [0.25, 0.3) is 0 Å². The molecule has 0 aliphatic carbocycles. The van der Waals surface area contributed by atoms with Crippen molar-refractivity contribution in [3.63, 3.8) is 0 Å². The lowest BCUT2D eigenvalue weighted by Crippen LogP contribution is -2.26. The minimum absolute atomic E-state index is 0.249. The SMILES string of the molecule is CCCNc1cc(OCCC2CCCN2C)nc(N)n1. The Balaban J connectivity index is 1.83. The van der Waals surface area contributed by atoms with Gasteiger partial charge in [-0.1, -0.05) is 6.92 Å². The molecule has 20 heavy (non-hydrogen) atoms. The van der Waals surface area contributed by atoms with E-state index in [0.29, 0.717) is 18.5 Å². The topological polar surface area (TPSA) is 76.3 Å². The van der Waals surface area contributed by atoms with E-state index in [1.165, 1.54) is 19.4 Å². The van der Waals surface area contributed by atoms with Crippen molar-refractivity contribution in [3.05, 3.63) is 6.07 Å². The van der Waals surface area contributed by atoms with Gasteiger partial charge >= 0.3 is 0 Å². The molecule has 2 heterocycles. The van der Waals surface area contributed by atoms with E-state index < -0.39 is 0 Å². The van der Waals surface area contributed by atoms with Crippen molar-refractivity contribution in [3.8, 4) is 5.88 Å². The van der Waals surface area contributed by atoms with Crippen LogP contribution in [0.2, 0.25) is 0 Å². The lowest BCUT2D eigenvalue weighted by atomic mass is 10.1. The number of aromatic nitrogens is 2. The van der Waals surface area contributed by atoms with E-state index in [2.05, 4.69) is 34.2 Å². The van der Waals surface area contributed by atoms with E-state index in [-0.39, 0.29) is 5.95 Å². The van der Waals surface area contributed by atoms with Gasteiger partial charge in [-0.05, 0) is 39.3 Å². The van der Waals surface area contributed by atoms with Gasteiger partial charge in [-0.25, -0.2) is 0 Å². The molecule has 1 atom stereocenters. The predicted octanol–water partition coefficient (Wildman–Crippen LogP) is 1.74. The minimum Gasteiger partial charge on any atom is -0.477 e. The average Bonchev–Trinajstić information content (AvgIpc) is 2.82. The first-order valence-corrected chi connectivity index (χ1v) is 7.40. The molecule has 1 fully saturated rings. The van der Waals surface area contributed by atoms with Crippen molar-refractivity contribution in [2.24, 2.45) is 0 Å². The van der Waals surface area contributed by atoms with Gasteiger partial charge in [0.2, 0.25) is 11.8 Å². The molecule has 1 aromatic rings. The van der Waals surface area contributed by atoms with E-state index in [4.69, 9.17) is 10.5 Å². The summed E-state index contributed by atoms with van der Waals surface area (Å²) in [5.74, 6) is 1.53. The summed E-state index contributed by atoms with van der Waals surface area (Å²) in [6.07, 6.45) is 4.61. The fraction of sp³-hybridized carbons (Fsp3) is 0.714. The molecule has 1 saturated heterocycles. The first kappa shape index (κ1) is 14.8. The van der Waals surface area contributed by atoms with E-state index in [0.717, 1.165) is 25.2 Å². The van der Waals surface area contributed by atoms with Crippen LogP contribution in [0.3, 0.4) is 0 Å². The molecular weight excluding hydrogens is 254 g/mol. The van der Waals surface area contributed by atoms with Crippen LogP contribution in [0.1, 0.15) is 32.6 Å². The lowest BCUT2D eigenvalue weighted by molar-refractivity contribution is 0.228. The summed E-state index contributed by atoms with van der Waals surface area (Å²) < 4.78 is 5.72. The highest BCUT2D eigenvalue weighted by Gasteiger charge is 2.20. The highest BCUT2D eigenvalue weighted by atomic mass is 16.5. The number of likely N-dealkylation sites (tertiary alicyclic amines) is 1. The number of anilines is 2. The van der Waals surface area contributed by atoms with Gasteiger partial charge in [-0.15, -0.1) is 0 Å². The molecule has 1 aromatic heterocycles. The fourth-order valence-corrected chi connectivity index (χ4v) is 2.50. The Morgan fingerprint density at radius 1 is 1.50 bits per heavy atom. The molecule has 2 rings (SSSR count).